The lowest BCUT2D eigenvalue weighted by Gasteiger charge is -2.12. The third-order valence-electron chi connectivity index (χ3n) is 4.51. The van der Waals surface area contributed by atoms with Crippen molar-refractivity contribution in [1.29, 1.82) is 0 Å². The number of nitrogens with zero attached hydrogens (tertiary/aromatic N) is 3. The van der Waals surface area contributed by atoms with Gasteiger partial charge in [0, 0.05) is 42.1 Å². The van der Waals surface area contributed by atoms with E-state index in [1.165, 1.54) is 10.7 Å². The highest BCUT2D eigenvalue weighted by Gasteiger charge is 2.10. The molecule has 2 heterocycles. The first-order valence-electron chi connectivity index (χ1n) is 9.57. The van der Waals surface area contributed by atoms with Crippen LogP contribution in [-0.4, -0.2) is 20.8 Å². The van der Waals surface area contributed by atoms with Crippen LogP contribution in [0.1, 0.15) is 11.1 Å². The molecule has 31 heavy (non-hydrogen) atoms. The molecule has 0 radical (unpaired) electrons. The molecule has 2 amide bonds. The summed E-state index contributed by atoms with van der Waals surface area (Å²) in [5.74, 6) is 0.543. The Kier molecular flexibility index (Phi) is 5.61. The molecule has 0 saturated carbocycles. The van der Waals surface area contributed by atoms with Gasteiger partial charge in [0.25, 0.3) is 0 Å². The van der Waals surface area contributed by atoms with Gasteiger partial charge in [-0.2, -0.15) is 5.10 Å². The van der Waals surface area contributed by atoms with E-state index in [1.807, 2.05) is 32.0 Å². The van der Waals surface area contributed by atoms with E-state index in [2.05, 4.69) is 20.7 Å². The summed E-state index contributed by atoms with van der Waals surface area (Å²) in [6.07, 6.45) is 4.88. The molecule has 0 atom stereocenters. The zero-order chi connectivity index (χ0) is 21.8. The fraction of sp³-hybridized carbons (Fsp3) is 0.0870. The number of hydrogen-bond acceptors (Lipinski definition) is 4. The maximum absolute atomic E-state index is 14.4. The second kappa shape index (κ2) is 8.66. The molecule has 2 N–H and O–H groups in total. The number of ether oxygens (including phenoxy) is 1. The second-order valence-corrected chi connectivity index (χ2v) is 6.95. The summed E-state index contributed by atoms with van der Waals surface area (Å²) in [5, 5.41) is 9.35. The number of urea groups is 1. The Morgan fingerprint density at radius 1 is 1.00 bits per heavy atom. The van der Waals surface area contributed by atoms with Gasteiger partial charge in [0.2, 0.25) is 5.88 Å². The van der Waals surface area contributed by atoms with Crippen LogP contribution in [0.4, 0.5) is 20.6 Å². The number of carbonyl (C=O) groups is 1. The van der Waals surface area contributed by atoms with E-state index in [4.69, 9.17) is 4.74 Å². The largest absolute Gasteiger partial charge is 0.439 e. The third-order valence-corrected chi connectivity index (χ3v) is 4.51. The number of aryl methyl sites for hydroxylation is 2. The van der Waals surface area contributed by atoms with Gasteiger partial charge in [-0.3, -0.25) is 0 Å². The predicted molar refractivity (Wildman–Crippen MR) is 116 cm³/mol. The van der Waals surface area contributed by atoms with Crippen molar-refractivity contribution in [2.24, 2.45) is 0 Å². The van der Waals surface area contributed by atoms with Gasteiger partial charge in [-0.15, -0.1) is 0 Å². The number of pyridine rings is 1. The van der Waals surface area contributed by atoms with Crippen LogP contribution < -0.4 is 15.4 Å². The maximum Gasteiger partial charge on any atom is 0.323 e. The van der Waals surface area contributed by atoms with Crippen LogP contribution in [0.25, 0.3) is 5.69 Å². The lowest BCUT2D eigenvalue weighted by Crippen LogP contribution is -2.19. The molecular formula is C23H20FN5O2. The minimum Gasteiger partial charge on any atom is -0.439 e. The summed E-state index contributed by atoms with van der Waals surface area (Å²) in [4.78, 5) is 16.6. The van der Waals surface area contributed by atoms with E-state index >= 15 is 0 Å². The van der Waals surface area contributed by atoms with E-state index in [9.17, 15) is 9.18 Å². The molecule has 0 saturated heterocycles. The van der Waals surface area contributed by atoms with Crippen molar-refractivity contribution in [3.63, 3.8) is 0 Å². The molecule has 0 fully saturated rings. The molecule has 0 bridgehead atoms. The van der Waals surface area contributed by atoms with Gasteiger partial charge in [-0.25, -0.2) is 18.9 Å². The van der Waals surface area contributed by atoms with Crippen LogP contribution in [0.3, 0.4) is 0 Å². The zero-order valence-electron chi connectivity index (χ0n) is 17.0. The molecule has 4 rings (SSSR count). The van der Waals surface area contributed by atoms with E-state index in [1.54, 1.807) is 48.9 Å². The standard InChI is InChI=1S/C23H20FN5O2/c1-15-8-10-25-22(12-15)31-21-14-18(5-4-16(21)2)28-23(30)27-17-6-7-20(19(24)13-17)29-11-3-9-26-29/h3-14H,1-2H3,(H2,27,28,30). The zero-order valence-corrected chi connectivity index (χ0v) is 17.0. The Morgan fingerprint density at radius 2 is 1.77 bits per heavy atom. The fourth-order valence-electron chi connectivity index (χ4n) is 2.94. The molecule has 0 unspecified atom stereocenters. The van der Waals surface area contributed by atoms with Gasteiger partial charge in [-0.05, 0) is 61.4 Å². The Morgan fingerprint density at radius 3 is 2.48 bits per heavy atom. The van der Waals surface area contributed by atoms with Gasteiger partial charge in [0.05, 0.1) is 0 Å². The number of anilines is 2. The van der Waals surface area contributed by atoms with Gasteiger partial charge >= 0.3 is 6.03 Å². The summed E-state index contributed by atoms with van der Waals surface area (Å²) >= 11 is 0. The van der Waals surface area contributed by atoms with Gasteiger partial charge in [0.1, 0.15) is 11.4 Å². The number of nitrogens with one attached hydrogen (secondary N) is 2. The number of halogens is 1. The summed E-state index contributed by atoms with van der Waals surface area (Å²) in [6, 6.07) is 14.6. The predicted octanol–water partition coefficient (Wildman–Crippen LogP) is 5.46. The molecule has 0 aliphatic rings. The Hall–Kier alpha value is -4.20. The molecular weight excluding hydrogens is 397 g/mol. The number of rotatable bonds is 5. The fourth-order valence-corrected chi connectivity index (χ4v) is 2.94. The molecule has 7 nitrogen and oxygen atoms in total. The summed E-state index contributed by atoms with van der Waals surface area (Å²) in [5.41, 5.74) is 3.06. The molecule has 0 aliphatic heterocycles. The Labute approximate surface area is 178 Å². The topological polar surface area (TPSA) is 81.1 Å². The first kappa shape index (κ1) is 20.1. The molecule has 2 aromatic heterocycles. The monoisotopic (exact) mass is 417 g/mol. The highest BCUT2D eigenvalue weighted by atomic mass is 19.1. The van der Waals surface area contributed by atoms with Crippen molar-refractivity contribution in [1.82, 2.24) is 14.8 Å². The van der Waals surface area contributed by atoms with Gasteiger partial charge in [0.15, 0.2) is 5.82 Å². The van der Waals surface area contributed by atoms with Crippen LogP contribution in [0, 0.1) is 19.7 Å². The quantitative estimate of drug-likeness (QED) is 0.452. The first-order valence-corrected chi connectivity index (χ1v) is 9.57. The van der Waals surface area contributed by atoms with Crippen molar-refractivity contribution >= 4 is 17.4 Å². The van der Waals surface area contributed by atoms with E-state index < -0.39 is 11.8 Å². The van der Waals surface area contributed by atoms with Crippen molar-refractivity contribution in [3.8, 4) is 17.3 Å². The summed E-state index contributed by atoms with van der Waals surface area (Å²) < 4.78 is 21.6. The van der Waals surface area contributed by atoms with Gasteiger partial charge in [-0.1, -0.05) is 6.07 Å². The minimum absolute atomic E-state index is 0.293. The first-order chi connectivity index (χ1) is 15.0. The number of benzene rings is 2. The average Bonchev–Trinajstić information content (AvgIpc) is 3.25. The van der Waals surface area contributed by atoms with Crippen LogP contribution >= 0.6 is 0 Å². The summed E-state index contributed by atoms with van der Waals surface area (Å²) in [6.45, 7) is 3.85. The van der Waals surface area contributed by atoms with Gasteiger partial charge < -0.3 is 15.4 Å². The lowest BCUT2D eigenvalue weighted by atomic mass is 10.2. The highest BCUT2D eigenvalue weighted by molar-refractivity contribution is 5.99. The Bertz CT molecular complexity index is 1220. The van der Waals surface area contributed by atoms with Crippen LogP contribution in [-0.2, 0) is 0 Å². The van der Waals surface area contributed by atoms with Crippen LogP contribution in [0.5, 0.6) is 11.6 Å². The van der Waals surface area contributed by atoms with Crippen molar-refractivity contribution in [2.75, 3.05) is 10.6 Å². The van der Waals surface area contributed by atoms with Crippen LogP contribution in [0.15, 0.2) is 73.2 Å². The van der Waals surface area contributed by atoms with Crippen molar-refractivity contribution in [2.45, 2.75) is 13.8 Å². The maximum atomic E-state index is 14.4. The molecule has 0 spiro atoms. The number of hydrogen-bond donors (Lipinski definition) is 2. The second-order valence-electron chi connectivity index (χ2n) is 6.95. The number of aromatic nitrogens is 3. The van der Waals surface area contributed by atoms with Crippen molar-refractivity contribution in [3.05, 3.63) is 90.1 Å². The SMILES string of the molecule is Cc1ccnc(Oc2cc(NC(=O)Nc3ccc(-n4cccn4)c(F)c3)ccc2C)c1. The van der Waals surface area contributed by atoms with E-state index in [0.717, 1.165) is 11.1 Å². The van der Waals surface area contributed by atoms with Crippen LogP contribution in [0.2, 0.25) is 0 Å². The lowest BCUT2D eigenvalue weighted by molar-refractivity contribution is 0.262. The number of carbonyl (C=O) groups excluding carboxylic acids is 1. The average molecular weight is 417 g/mol. The highest BCUT2D eigenvalue weighted by Crippen LogP contribution is 2.27. The van der Waals surface area contributed by atoms with Crippen molar-refractivity contribution < 1.29 is 13.9 Å². The normalized spacial score (nSPS) is 10.5. The summed E-state index contributed by atoms with van der Waals surface area (Å²) in [7, 11) is 0. The Balaban J connectivity index is 1.44. The molecule has 4 aromatic rings. The molecule has 8 heteroatoms. The molecule has 2 aromatic carbocycles. The van der Waals surface area contributed by atoms with E-state index in [-0.39, 0.29) is 0 Å². The van der Waals surface area contributed by atoms with E-state index in [0.29, 0.717) is 28.7 Å². The minimum atomic E-state index is -0.505. The number of amides is 2. The molecule has 156 valence electrons. The third kappa shape index (κ3) is 4.87. The smallest absolute Gasteiger partial charge is 0.323 e. The molecule has 0 aliphatic carbocycles.